The molecule has 0 spiro atoms. The van der Waals surface area contributed by atoms with Crippen LogP contribution >= 0.6 is 22.9 Å². The Morgan fingerprint density at radius 2 is 2.50 bits per heavy atom. The fourth-order valence-corrected chi connectivity index (χ4v) is 2.28. The fraction of sp³-hybridized carbons (Fsp3) is 0.667. The van der Waals surface area contributed by atoms with Gasteiger partial charge < -0.3 is 0 Å². The lowest BCUT2D eigenvalue weighted by molar-refractivity contribution is 0.486. The summed E-state index contributed by atoms with van der Waals surface area (Å²) in [5.74, 6) is 6.14. The van der Waals surface area contributed by atoms with Crippen molar-refractivity contribution in [3.8, 4) is 0 Å². The highest BCUT2D eigenvalue weighted by Gasteiger charge is 2.09. The number of alkyl halides is 1. The van der Waals surface area contributed by atoms with Gasteiger partial charge in [0.2, 0.25) is 0 Å². The molecule has 0 saturated carbocycles. The van der Waals surface area contributed by atoms with Crippen LogP contribution in [0.2, 0.25) is 0 Å². The summed E-state index contributed by atoms with van der Waals surface area (Å²) < 4.78 is 0. The number of hydrogen-bond acceptors (Lipinski definition) is 4. The zero-order valence-electron chi connectivity index (χ0n) is 8.29. The van der Waals surface area contributed by atoms with Crippen LogP contribution in [-0.2, 0) is 6.42 Å². The van der Waals surface area contributed by atoms with Crippen molar-refractivity contribution in [1.82, 2.24) is 10.4 Å². The molecular weight excluding hydrogens is 218 g/mol. The molecular formula is C9H16ClN3S. The lowest BCUT2D eigenvalue weighted by atomic mass is 10.1. The molecule has 1 rings (SSSR count). The SMILES string of the molecule is Cc1csc(CC(CCCCl)NN)n1. The highest BCUT2D eigenvalue weighted by molar-refractivity contribution is 7.09. The average molecular weight is 234 g/mol. The lowest BCUT2D eigenvalue weighted by Gasteiger charge is -2.12. The number of aryl methyl sites for hydroxylation is 1. The molecule has 80 valence electrons. The highest BCUT2D eigenvalue weighted by atomic mass is 35.5. The van der Waals surface area contributed by atoms with Crippen LogP contribution in [0.4, 0.5) is 0 Å². The van der Waals surface area contributed by atoms with Crippen molar-refractivity contribution in [1.29, 1.82) is 0 Å². The van der Waals surface area contributed by atoms with E-state index >= 15 is 0 Å². The Balaban J connectivity index is 2.40. The largest absolute Gasteiger partial charge is 0.271 e. The van der Waals surface area contributed by atoms with Gasteiger partial charge in [-0.3, -0.25) is 11.3 Å². The predicted octanol–water partition coefficient (Wildman–Crippen LogP) is 1.84. The second-order valence-corrected chi connectivity index (χ2v) is 4.60. The first-order valence-electron chi connectivity index (χ1n) is 4.69. The monoisotopic (exact) mass is 233 g/mol. The summed E-state index contributed by atoms with van der Waals surface area (Å²) in [7, 11) is 0. The molecule has 5 heteroatoms. The summed E-state index contributed by atoms with van der Waals surface area (Å²) in [6.07, 6.45) is 2.88. The maximum absolute atomic E-state index is 5.63. The Morgan fingerprint density at radius 3 is 3.00 bits per heavy atom. The van der Waals surface area contributed by atoms with E-state index in [0.29, 0.717) is 11.9 Å². The van der Waals surface area contributed by atoms with Crippen molar-refractivity contribution >= 4 is 22.9 Å². The Kier molecular flexibility index (Phi) is 5.40. The van der Waals surface area contributed by atoms with Crippen LogP contribution in [0.25, 0.3) is 0 Å². The molecule has 0 aromatic carbocycles. The van der Waals surface area contributed by atoms with Crippen LogP contribution < -0.4 is 11.3 Å². The summed E-state index contributed by atoms with van der Waals surface area (Å²) in [4.78, 5) is 4.40. The molecule has 0 fully saturated rings. The molecule has 0 aliphatic carbocycles. The number of nitrogens with zero attached hydrogens (tertiary/aromatic N) is 1. The number of thiazole rings is 1. The molecule has 0 aliphatic rings. The van der Waals surface area contributed by atoms with E-state index in [4.69, 9.17) is 17.4 Å². The molecule has 0 radical (unpaired) electrons. The van der Waals surface area contributed by atoms with Crippen molar-refractivity contribution < 1.29 is 0 Å². The molecule has 0 amide bonds. The van der Waals surface area contributed by atoms with Gasteiger partial charge in [0.15, 0.2) is 0 Å². The predicted molar refractivity (Wildman–Crippen MR) is 61.6 cm³/mol. The van der Waals surface area contributed by atoms with Crippen LogP contribution in [0.5, 0.6) is 0 Å². The molecule has 0 aliphatic heterocycles. The van der Waals surface area contributed by atoms with Gasteiger partial charge in [0.1, 0.15) is 0 Å². The Bertz CT molecular complexity index is 264. The van der Waals surface area contributed by atoms with Gasteiger partial charge in [-0.2, -0.15) is 0 Å². The summed E-state index contributed by atoms with van der Waals surface area (Å²) >= 11 is 7.32. The molecule has 3 N–H and O–H groups in total. The Morgan fingerprint density at radius 1 is 1.71 bits per heavy atom. The van der Waals surface area contributed by atoms with Crippen molar-refractivity contribution in [3.05, 3.63) is 16.1 Å². The number of hydrogen-bond donors (Lipinski definition) is 2. The zero-order chi connectivity index (χ0) is 10.4. The quantitative estimate of drug-likeness (QED) is 0.448. The fourth-order valence-electron chi connectivity index (χ4n) is 1.28. The van der Waals surface area contributed by atoms with E-state index < -0.39 is 0 Å². The van der Waals surface area contributed by atoms with E-state index in [1.807, 2.05) is 6.92 Å². The number of hydrazine groups is 1. The molecule has 1 aromatic heterocycles. The molecule has 0 saturated heterocycles. The van der Waals surface area contributed by atoms with Crippen molar-refractivity contribution in [2.75, 3.05) is 5.88 Å². The van der Waals surface area contributed by atoms with Gasteiger partial charge in [-0.1, -0.05) is 0 Å². The molecule has 3 nitrogen and oxygen atoms in total. The summed E-state index contributed by atoms with van der Waals surface area (Å²) in [6.45, 7) is 2.00. The van der Waals surface area contributed by atoms with Gasteiger partial charge in [-0.05, 0) is 19.8 Å². The Labute approximate surface area is 93.6 Å². The van der Waals surface area contributed by atoms with E-state index in [1.165, 1.54) is 0 Å². The first-order valence-corrected chi connectivity index (χ1v) is 6.10. The Hall–Kier alpha value is -0.160. The van der Waals surface area contributed by atoms with Crippen LogP contribution in [0.3, 0.4) is 0 Å². The molecule has 1 unspecified atom stereocenters. The normalized spacial score (nSPS) is 13.1. The molecule has 1 atom stereocenters. The number of aromatic nitrogens is 1. The third-order valence-electron chi connectivity index (χ3n) is 2.01. The zero-order valence-corrected chi connectivity index (χ0v) is 9.87. The maximum Gasteiger partial charge on any atom is 0.0944 e. The summed E-state index contributed by atoms with van der Waals surface area (Å²) in [5, 5.41) is 3.20. The third-order valence-corrected chi connectivity index (χ3v) is 3.27. The second kappa shape index (κ2) is 6.35. The van der Waals surface area contributed by atoms with Gasteiger partial charge in [0, 0.05) is 29.4 Å². The van der Waals surface area contributed by atoms with Gasteiger partial charge in [0.25, 0.3) is 0 Å². The van der Waals surface area contributed by atoms with Crippen molar-refractivity contribution in [2.45, 2.75) is 32.2 Å². The van der Waals surface area contributed by atoms with E-state index in [1.54, 1.807) is 11.3 Å². The number of halogens is 1. The smallest absolute Gasteiger partial charge is 0.0944 e. The first-order chi connectivity index (χ1) is 6.76. The molecule has 0 bridgehead atoms. The van der Waals surface area contributed by atoms with Gasteiger partial charge >= 0.3 is 0 Å². The maximum atomic E-state index is 5.63. The van der Waals surface area contributed by atoms with E-state index in [2.05, 4.69) is 15.8 Å². The summed E-state index contributed by atoms with van der Waals surface area (Å²) in [5.41, 5.74) is 3.88. The number of nitrogens with two attached hydrogens (primary N) is 1. The lowest BCUT2D eigenvalue weighted by Crippen LogP contribution is -2.36. The van der Waals surface area contributed by atoms with Crippen LogP contribution in [0.1, 0.15) is 23.5 Å². The topological polar surface area (TPSA) is 50.9 Å². The summed E-state index contributed by atoms with van der Waals surface area (Å²) in [6, 6.07) is 0.291. The minimum atomic E-state index is 0.291. The van der Waals surface area contributed by atoms with E-state index in [0.717, 1.165) is 30.0 Å². The minimum Gasteiger partial charge on any atom is -0.271 e. The first kappa shape index (κ1) is 11.9. The highest BCUT2D eigenvalue weighted by Crippen LogP contribution is 2.12. The molecule has 1 heterocycles. The van der Waals surface area contributed by atoms with Gasteiger partial charge in [-0.15, -0.1) is 22.9 Å². The van der Waals surface area contributed by atoms with Gasteiger partial charge in [-0.25, -0.2) is 4.98 Å². The van der Waals surface area contributed by atoms with E-state index in [9.17, 15) is 0 Å². The van der Waals surface area contributed by atoms with Crippen molar-refractivity contribution in [2.24, 2.45) is 5.84 Å². The van der Waals surface area contributed by atoms with Crippen molar-refractivity contribution in [3.63, 3.8) is 0 Å². The standard InChI is InChI=1S/C9H16ClN3S/c1-7-6-14-9(12-7)5-8(13-11)3-2-4-10/h6,8,13H,2-5,11H2,1H3. The average Bonchev–Trinajstić information content (AvgIpc) is 2.58. The molecule has 1 aromatic rings. The van der Waals surface area contributed by atoms with E-state index in [-0.39, 0.29) is 0 Å². The minimum absolute atomic E-state index is 0.291. The third kappa shape index (κ3) is 3.92. The second-order valence-electron chi connectivity index (χ2n) is 3.28. The van der Waals surface area contributed by atoms with Gasteiger partial charge in [0.05, 0.1) is 5.01 Å². The number of nitrogens with one attached hydrogen (secondary N) is 1. The van der Waals surface area contributed by atoms with Crippen LogP contribution in [-0.4, -0.2) is 16.9 Å². The molecule has 14 heavy (non-hydrogen) atoms. The van der Waals surface area contributed by atoms with Crippen LogP contribution in [0, 0.1) is 6.92 Å². The number of rotatable bonds is 6. The van der Waals surface area contributed by atoms with Crippen LogP contribution in [0.15, 0.2) is 5.38 Å².